The summed E-state index contributed by atoms with van der Waals surface area (Å²) in [5, 5.41) is 6.08. The van der Waals surface area contributed by atoms with Gasteiger partial charge in [0, 0.05) is 5.69 Å². The molecule has 0 saturated heterocycles. The lowest BCUT2D eigenvalue weighted by Gasteiger charge is -2.03. The Morgan fingerprint density at radius 3 is 2.55 bits per heavy atom. The normalized spacial score (nSPS) is 10.4. The van der Waals surface area contributed by atoms with Gasteiger partial charge in [-0.25, -0.2) is 5.43 Å². The molecule has 0 aliphatic heterocycles. The van der Waals surface area contributed by atoms with Gasteiger partial charge >= 0.3 is 11.8 Å². The number of nitrogens with zero attached hydrogens (tertiary/aromatic N) is 1. The molecule has 1 heterocycles. The van der Waals surface area contributed by atoms with E-state index >= 15 is 0 Å². The Morgan fingerprint density at radius 2 is 1.90 bits per heavy atom. The van der Waals surface area contributed by atoms with Crippen LogP contribution >= 0.6 is 0 Å². The van der Waals surface area contributed by atoms with Crippen LogP contribution in [0.5, 0.6) is 0 Å². The van der Waals surface area contributed by atoms with Crippen molar-refractivity contribution in [3.8, 4) is 0 Å². The lowest BCUT2D eigenvalue weighted by atomic mass is 10.2. The molecule has 0 radical (unpaired) electrons. The highest BCUT2D eigenvalue weighted by atomic mass is 16.3. The van der Waals surface area contributed by atoms with Crippen molar-refractivity contribution in [2.75, 3.05) is 5.32 Å². The zero-order valence-corrected chi connectivity index (χ0v) is 10.8. The molecule has 0 bridgehead atoms. The average Bonchev–Trinajstić information content (AvgIpc) is 2.94. The zero-order valence-electron chi connectivity index (χ0n) is 10.8. The van der Waals surface area contributed by atoms with Gasteiger partial charge in [0.1, 0.15) is 5.76 Å². The van der Waals surface area contributed by atoms with Crippen LogP contribution < -0.4 is 10.7 Å². The highest BCUT2D eigenvalue weighted by Gasteiger charge is 2.12. The number of carbonyl (C=O) groups is 2. The molecule has 102 valence electrons. The van der Waals surface area contributed by atoms with E-state index in [0.717, 1.165) is 5.56 Å². The van der Waals surface area contributed by atoms with Crippen molar-refractivity contribution in [3.05, 3.63) is 54.0 Å². The van der Waals surface area contributed by atoms with E-state index in [0.29, 0.717) is 11.4 Å². The minimum absolute atomic E-state index is 0.476. The van der Waals surface area contributed by atoms with Crippen LogP contribution in [0.4, 0.5) is 5.69 Å². The summed E-state index contributed by atoms with van der Waals surface area (Å²) >= 11 is 0. The van der Waals surface area contributed by atoms with Gasteiger partial charge in [-0.1, -0.05) is 17.7 Å². The molecule has 20 heavy (non-hydrogen) atoms. The Labute approximate surface area is 115 Å². The standard InChI is InChI=1S/C14H13N3O3/c1-10-4-6-11(7-5-10)16-13(18)14(19)17-15-9-12-3-2-8-20-12/h2-9H,1H3,(H,16,18)(H,17,19). The third-order valence-electron chi connectivity index (χ3n) is 2.42. The van der Waals surface area contributed by atoms with E-state index in [1.165, 1.54) is 12.5 Å². The van der Waals surface area contributed by atoms with Crippen LogP contribution in [0.25, 0.3) is 0 Å². The third kappa shape index (κ3) is 3.81. The maximum atomic E-state index is 11.6. The largest absolute Gasteiger partial charge is 0.463 e. The summed E-state index contributed by atoms with van der Waals surface area (Å²) in [5.74, 6) is -1.16. The zero-order chi connectivity index (χ0) is 14.4. The molecule has 6 nitrogen and oxygen atoms in total. The van der Waals surface area contributed by atoms with E-state index in [1.54, 1.807) is 24.3 Å². The number of anilines is 1. The number of rotatable bonds is 3. The summed E-state index contributed by atoms with van der Waals surface area (Å²) < 4.78 is 4.98. The van der Waals surface area contributed by atoms with Gasteiger partial charge in [0.15, 0.2) is 0 Å². The molecule has 0 aliphatic carbocycles. The fraction of sp³-hybridized carbons (Fsp3) is 0.0714. The van der Waals surface area contributed by atoms with Gasteiger partial charge in [-0.15, -0.1) is 0 Å². The minimum Gasteiger partial charge on any atom is -0.463 e. The molecule has 2 N–H and O–H groups in total. The van der Waals surface area contributed by atoms with Crippen molar-refractivity contribution in [1.82, 2.24) is 5.43 Å². The van der Waals surface area contributed by atoms with Crippen LogP contribution in [0.3, 0.4) is 0 Å². The number of hydrazone groups is 1. The van der Waals surface area contributed by atoms with Gasteiger partial charge in [0.05, 0.1) is 12.5 Å². The molecular formula is C14H13N3O3. The third-order valence-corrected chi connectivity index (χ3v) is 2.42. The number of hydrogen-bond acceptors (Lipinski definition) is 4. The molecule has 1 aromatic carbocycles. The van der Waals surface area contributed by atoms with E-state index in [9.17, 15) is 9.59 Å². The second kappa shape index (κ2) is 6.33. The van der Waals surface area contributed by atoms with Crippen LogP contribution in [0.2, 0.25) is 0 Å². The fourth-order valence-electron chi connectivity index (χ4n) is 1.39. The van der Waals surface area contributed by atoms with Gasteiger partial charge in [-0.05, 0) is 31.2 Å². The fourth-order valence-corrected chi connectivity index (χ4v) is 1.39. The highest BCUT2D eigenvalue weighted by Crippen LogP contribution is 2.08. The molecule has 1 aromatic heterocycles. The molecule has 2 rings (SSSR count). The van der Waals surface area contributed by atoms with Gasteiger partial charge in [-0.2, -0.15) is 5.10 Å². The SMILES string of the molecule is Cc1ccc(NC(=O)C(=O)NN=Cc2ccco2)cc1. The number of aryl methyl sites for hydroxylation is 1. The van der Waals surface area contributed by atoms with Crippen LogP contribution in [-0.4, -0.2) is 18.0 Å². The number of nitrogens with one attached hydrogen (secondary N) is 2. The van der Waals surface area contributed by atoms with Crippen LogP contribution in [0, 0.1) is 6.92 Å². The highest BCUT2D eigenvalue weighted by molar-refractivity contribution is 6.39. The molecule has 0 fully saturated rings. The van der Waals surface area contributed by atoms with Gasteiger partial charge in [0.2, 0.25) is 0 Å². The maximum absolute atomic E-state index is 11.6. The van der Waals surface area contributed by atoms with Crippen LogP contribution in [0.15, 0.2) is 52.2 Å². The minimum atomic E-state index is -0.853. The van der Waals surface area contributed by atoms with E-state index in [4.69, 9.17) is 4.42 Å². The Morgan fingerprint density at radius 1 is 1.15 bits per heavy atom. The molecule has 0 aliphatic rings. The first-order chi connectivity index (χ1) is 9.65. The Bertz CT molecular complexity index is 616. The predicted octanol–water partition coefficient (Wildman–Crippen LogP) is 1.68. The summed E-state index contributed by atoms with van der Waals surface area (Å²) in [6.07, 6.45) is 2.78. The summed E-state index contributed by atoms with van der Waals surface area (Å²) in [7, 11) is 0. The smallest absolute Gasteiger partial charge is 0.329 e. The summed E-state index contributed by atoms with van der Waals surface area (Å²) in [5.41, 5.74) is 3.72. The summed E-state index contributed by atoms with van der Waals surface area (Å²) in [4.78, 5) is 23.0. The lowest BCUT2D eigenvalue weighted by molar-refractivity contribution is -0.136. The Hall–Kier alpha value is -2.89. The number of hydrogen-bond donors (Lipinski definition) is 2. The van der Waals surface area contributed by atoms with E-state index in [2.05, 4.69) is 15.8 Å². The molecular weight excluding hydrogens is 258 g/mol. The first kappa shape index (κ1) is 13.5. The van der Waals surface area contributed by atoms with Gasteiger partial charge in [-0.3, -0.25) is 9.59 Å². The first-order valence-corrected chi connectivity index (χ1v) is 5.90. The monoisotopic (exact) mass is 271 g/mol. The van der Waals surface area contributed by atoms with Gasteiger partial charge < -0.3 is 9.73 Å². The quantitative estimate of drug-likeness (QED) is 0.506. The molecule has 0 spiro atoms. The van der Waals surface area contributed by atoms with Crippen molar-refractivity contribution in [1.29, 1.82) is 0 Å². The maximum Gasteiger partial charge on any atom is 0.329 e. The Balaban J connectivity index is 1.86. The van der Waals surface area contributed by atoms with Gasteiger partial charge in [0.25, 0.3) is 0 Å². The van der Waals surface area contributed by atoms with E-state index in [1.807, 2.05) is 19.1 Å². The molecule has 2 amide bonds. The topological polar surface area (TPSA) is 83.7 Å². The average molecular weight is 271 g/mol. The number of carbonyl (C=O) groups excluding carboxylic acids is 2. The van der Waals surface area contributed by atoms with Crippen molar-refractivity contribution in [3.63, 3.8) is 0 Å². The van der Waals surface area contributed by atoms with Crippen LogP contribution in [0.1, 0.15) is 11.3 Å². The van der Waals surface area contributed by atoms with E-state index in [-0.39, 0.29) is 0 Å². The van der Waals surface area contributed by atoms with Crippen molar-refractivity contribution < 1.29 is 14.0 Å². The molecule has 0 unspecified atom stereocenters. The molecule has 6 heteroatoms. The second-order valence-electron chi connectivity index (χ2n) is 4.03. The summed E-state index contributed by atoms with van der Waals surface area (Å²) in [6, 6.07) is 10.5. The van der Waals surface area contributed by atoms with Crippen LogP contribution in [-0.2, 0) is 9.59 Å². The number of furan rings is 1. The predicted molar refractivity (Wildman–Crippen MR) is 74.3 cm³/mol. The van der Waals surface area contributed by atoms with Crippen molar-refractivity contribution in [2.24, 2.45) is 5.10 Å². The number of amides is 2. The molecule has 0 saturated carbocycles. The number of benzene rings is 1. The molecule has 0 atom stereocenters. The molecule has 2 aromatic rings. The van der Waals surface area contributed by atoms with E-state index < -0.39 is 11.8 Å². The van der Waals surface area contributed by atoms with Crippen molar-refractivity contribution in [2.45, 2.75) is 6.92 Å². The Kier molecular flexibility index (Phi) is 4.28. The summed E-state index contributed by atoms with van der Waals surface area (Å²) in [6.45, 7) is 1.93. The lowest BCUT2D eigenvalue weighted by Crippen LogP contribution is -2.32. The second-order valence-corrected chi connectivity index (χ2v) is 4.03. The first-order valence-electron chi connectivity index (χ1n) is 5.90. The van der Waals surface area contributed by atoms with Crippen molar-refractivity contribution >= 4 is 23.7 Å².